The van der Waals surface area contributed by atoms with Gasteiger partial charge in [0.1, 0.15) is 5.78 Å². The number of nitro groups is 1. The van der Waals surface area contributed by atoms with Crippen molar-refractivity contribution in [2.75, 3.05) is 6.54 Å². The van der Waals surface area contributed by atoms with Crippen molar-refractivity contribution in [3.63, 3.8) is 0 Å². The molecular weight excluding hydrogens is 218 g/mol. The van der Waals surface area contributed by atoms with Crippen LogP contribution in [0.2, 0.25) is 0 Å². The molecule has 0 aliphatic heterocycles. The average Bonchev–Trinajstić information content (AvgIpc) is 2.26. The maximum absolute atomic E-state index is 11.0. The fourth-order valence-electron chi connectivity index (χ4n) is 1.40. The number of carbonyl (C=O) groups excluding carboxylic acids is 1. The van der Waals surface area contributed by atoms with Crippen LogP contribution in [0.4, 0.5) is 0 Å². The van der Waals surface area contributed by atoms with Crippen molar-refractivity contribution >= 4 is 5.78 Å². The van der Waals surface area contributed by atoms with Crippen molar-refractivity contribution in [3.05, 3.63) is 46.0 Å². The Balaban J connectivity index is 2.75. The fourth-order valence-corrected chi connectivity index (χ4v) is 1.40. The standard InChI is InChI=1S/C13H13NO3/c1-11(15)9-13(10-14(16)17)8-7-12-5-3-2-4-6-12/h2-6,13H,9-10H2,1H3. The summed E-state index contributed by atoms with van der Waals surface area (Å²) in [4.78, 5) is 20.9. The van der Waals surface area contributed by atoms with Crippen LogP contribution in [-0.4, -0.2) is 17.3 Å². The van der Waals surface area contributed by atoms with E-state index in [0.29, 0.717) is 0 Å². The number of carbonyl (C=O) groups is 1. The van der Waals surface area contributed by atoms with E-state index in [2.05, 4.69) is 11.8 Å². The summed E-state index contributed by atoms with van der Waals surface area (Å²) in [5, 5.41) is 10.4. The van der Waals surface area contributed by atoms with Gasteiger partial charge < -0.3 is 0 Å². The van der Waals surface area contributed by atoms with Gasteiger partial charge in [-0.05, 0) is 19.1 Å². The molecule has 0 saturated carbocycles. The first-order valence-electron chi connectivity index (χ1n) is 5.25. The first kappa shape index (κ1) is 12.9. The van der Waals surface area contributed by atoms with Gasteiger partial charge in [-0.1, -0.05) is 30.0 Å². The van der Waals surface area contributed by atoms with Crippen LogP contribution in [0.3, 0.4) is 0 Å². The number of hydrogen-bond donors (Lipinski definition) is 0. The molecule has 0 amide bonds. The van der Waals surface area contributed by atoms with Crippen molar-refractivity contribution in [2.45, 2.75) is 13.3 Å². The molecule has 1 atom stereocenters. The van der Waals surface area contributed by atoms with Crippen LogP contribution in [0.5, 0.6) is 0 Å². The molecule has 0 saturated heterocycles. The second-order valence-electron chi connectivity index (χ2n) is 3.75. The predicted molar refractivity (Wildman–Crippen MR) is 64.0 cm³/mol. The molecule has 0 heterocycles. The zero-order valence-electron chi connectivity index (χ0n) is 9.55. The molecule has 4 heteroatoms. The Labute approximate surface area is 99.8 Å². The SMILES string of the molecule is CC(=O)CC(C#Cc1ccccc1)C[N+](=O)[O-]. The van der Waals surface area contributed by atoms with E-state index in [-0.39, 0.29) is 18.7 Å². The molecular formula is C13H13NO3. The summed E-state index contributed by atoms with van der Waals surface area (Å²) < 4.78 is 0. The van der Waals surface area contributed by atoms with Crippen molar-refractivity contribution in [3.8, 4) is 11.8 Å². The van der Waals surface area contributed by atoms with E-state index in [1.807, 2.05) is 30.3 Å². The van der Waals surface area contributed by atoms with E-state index in [4.69, 9.17) is 0 Å². The maximum Gasteiger partial charge on any atom is 0.217 e. The van der Waals surface area contributed by atoms with Crippen LogP contribution in [-0.2, 0) is 4.79 Å². The molecule has 0 N–H and O–H groups in total. The summed E-state index contributed by atoms with van der Waals surface area (Å²) in [5.74, 6) is 5.04. The topological polar surface area (TPSA) is 60.2 Å². The number of hydrogen-bond acceptors (Lipinski definition) is 3. The summed E-state index contributed by atoms with van der Waals surface area (Å²) in [7, 11) is 0. The Bertz CT molecular complexity index is 441. The van der Waals surface area contributed by atoms with Crippen LogP contribution < -0.4 is 0 Å². The highest BCUT2D eigenvalue weighted by Crippen LogP contribution is 2.04. The summed E-state index contributed by atoms with van der Waals surface area (Å²) in [6, 6.07) is 9.21. The van der Waals surface area contributed by atoms with Crippen LogP contribution >= 0.6 is 0 Å². The van der Waals surface area contributed by atoms with Crippen LogP contribution in [0.15, 0.2) is 30.3 Å². The third-order valence-corrected chi connectivity index (χ3v) is 2.10. The number of benzene rings is 1. The molecule has 0 fully saturated rings. The minimum Gasteiger partial charge on any atom is -0.300 e. The molecule has 0 aliphatic rings. The first-order chi connectivity index (χ1) is 8.08. The highest BCUT2D eigenvalue weighted by atomic mass is 16.6. The molecule has 0 aromatic heterocycles. The third kappa shape index (κ3) is 5.47. The minimum atomic E-state index is -0.511. The minimum absolute atomic E-state index is 0.0841. The predicted octanol–water partition coefficient (Wildman–Crippen LogP) is 1.91. The number of nitrogens with zero attached hydrogens (tertiary/aromatic N) is 1. The molecule has 0 spiro atoms. The molecule has 17 heavy (non-hydrogen) atoms. The average molecular weight is 231 g/mol. The Morgan fingerprint density at radius 1 is 1.41 bits per heavy atom. The zero-order valence-corrected chi connectivity index (χ0v) is 9.55. The van der Waals surface area contributed by atoms with Crippen molar-refractivity contribution in [1.29, 1.82) is 0 Å². The molecule has 0 bridgehead atoms. The summed E-state index contributed by atoms with van der Waals surface area (Å²) >= 11 is 0. The summed E-state index contributed by atoms with van der Waals surface area (Å²) in [6.45, 7) is 1.12. The molecule has 4 nitrogen and oxygen atoms in total. The van der Waals surface area contributed by atoms with Gasteiger partial charge in [0.2, 0.25) is 6.54 Å². The van der Waals surface area contributed by atoms with Crippen molar-refractivity contribution in [2.24, 2.45) is 5.92 Å². The van der Waals surface area contributed by atoms with Crippen LogP contribution in [0.1, 0.15) is 18.9 Å². The van der Waals surface area contributed by atoms with E-state index in [0.717, 1.165) is 5.56 Å². The van der Waals surface area contributed by atoms with Crippen LogP contribution in [0, 0.1) is 27.9 Å². The first-order valence-corrected chi connectivity index (χ1v) is 5.25. The monoisotopic (exact) mass is 231 g/mol. The lowest BCUT2D eigenvalue weighted by Crippen LogP contribution is -2.15. The Hall–Kier alpha value is -2.15. The van der Waals surface area contributed by atoms with Crippen LogP contribution in [0.25, 0.3) is 0 Å². The molecule has 88 valence electrons. The molecule has 1 rings (SSSR count). The highest BCUT2D eigenvalue weighted by molar-refractivity contribution is 5.76. The molecule has 1 aromatic carbocycles. The smallest absolute Gasteiger partial charge is 0.217 e. The second kappa shape index (κ2) is 6.44. The lowest BCUT2D eigenvalue weighted by molar-refractivity contribution is -0.485. The number of Topliss-reactive ketones (excluding diaryl/α,β-unsaturated/α-hetero) is 1. The Morgan fingerprint density at radius 2 is 2.06 bits per heavy atom. The molecule has 0 aliphatic carbocycles. The maximum atomic E-state index is 11.0. The molecule has 0 radical (unpaired) electrons. The fraction of sp³-hybridized carbons (Fsp3) is 0.308. The zero-order chi connectivity index (χ0) is 12.7. The van der Waals surface area contributed by atoms with Gasteiger partial charge in [-0.3, -0.25) is 14.9 Å². The summed E-state index contributed by atoms with van der Waals surface area (Å²) in [5.41, 5.74) is 0.796. The highest BCUT2D eigenvalue weighted by Gasteiger charge is 2.14. The second-order valence-corrected chi connectivity index (χ2v) is 3.75. The van der Waals surface area contributed by atoms with E-state index < -0.39 is 10.8 Å². The lowest BCUT2D eigenvalue weighted by atomic mass is 10.0. The lowest BCUT2D eigenvalue weighted by Gasteiger charge is -2.01. The van der Waals surface area contributed by atoms with Gasteiger partial charge >= 0.3 is 0 Å². The molecule has 1 aromatic rings. The molecule has 1 unspecified atom stereocenters. The van der Waals surface area contributed by atoms with E-state index >= 15 is 0 Å². The van der Waals surface area contributed by atoms with Gasteiger partial charge in [0.05, 0.1) is 5.92 Å². The van der Waals surface area contributed by atoms with Gasteiger partial charge in [0, 0.05) is 16.9 Å². The van der Waals surface area contributed by atoms with Crippen molar-refractivity contribution < 1.29 is 9.72 Å². The van der Waals surface area contributed by atoms with Gasteiger partial charge in [-0.2, -0.15) is 0 Å². The summed E-state index contributed by atoms with van der Waals surface area (Å²) in [6.07, 6.45) is 0.126. The van der Waals surface area contributed by atoms with E-state index in [1.54, 1.807) is 0 Å². The van der Waals surface area contributed by atoms with E-state index in [9.17, 15) is 14.9 Å². The number of rotatable bonds is 4. The third-order valence-electron chi connectivity index (χ3n) is 2.10. The normalized spacial score (nSPS) is 11.1. The largest absolute Gasteiger partial charge is 0.300 e. The quantitative estimate of drug-likeness (QED) is 0.452. The van der Waals surface area contributed by atoms with Gasteiger partial charge in [-0.25, -0.2) is 0 Å². The Morgan fingerprint density at radius 3 is 2.59 bits per heavy atom. The number of ketones is 1. The van der Waals surface area contributed by atoms with E-state index in [1.165, 1.54) is 6.92 Å². The Kier molecular flexibility index (Phi) is 4.89. The van der Waals surface area contributed by atoms with Crippen molar-refractivity contribution in [1.82, 2.24) is 0 Å². The van der Waals surface area contributed by atoms with Gasteiger partial charge in [-0.15, -0.1) is 0 Å². The van der Waals surface area contributed by atoms with Gasteiger partial charge in [0.15, 0.2) is 0 Å². The van der Waals surface area contributed by atoms with Gasteiger partial charge in [0.25, 0.3) is 0 Å².